The van der Waals surface area contributed by atoms with Crippen molar-refractivity contribution < 1.29 is 4.84 Å². The molecule has 76 valence electrons. The third-order valence-corrected chi connectivity index (χ3v) is 2.18. The minimum Gasteiger partial charge on any atom is -0.396 e. The van der Waals surface area contributed by atoms with Gasteiger partial charge in [0.2, 0.25) is 0 Å². The molecule has 0 atom stereocenters. The van der Waals surface area contributed by atoms with Gasteiger partial charge < -0.3 is 4.84 Å². The van der Waals surface area contributed by atoms with Crippen LogP contribution in [-0.2, 0) is 4.84 Å². The lowest BCUT2D eigenvalue weighted by molar-refractivity contribution is 0.160. The van der Waals surface area contributed by atoms with Crippen molar-refractivity contribution >= 4 is 17.0 Å². The van der Waals surface area contributed by atoms with E-state index in [2.05, 4.69) is 29.4 Å². The van der Waals surface area contributed by atoms with Gasteiger partial charge in [-0.25, -0.2) is 0 Å². The largest absolute Gasteiger partial charge is 0.396 e. The Hall–Kier alpha value is -1.83. The fourth-order valence-corrected chi connectivity index (χ4v) is 1.46. The van der Waals surface area contributed by atoms with Crippen LogP contribution in [0.15, 0.2) is 47.6 Å². The van der Waals surface area contributed by atoms with Crippen LogP contribution in [0.3, 0.4) is 0 Å². The lowest BCUT2D eigenvalue weighted by Crippen LogP contribution is -1.84. The maximum absolute atomic E-state index is 4.92. The SMILES string of the molecule is CCO/N=C\c1ccc2ccccc2c1. The summed E-state index contributed by atoms with van der Waals surface area (Å²) in [5.41, 5.74) is 1.06. The lowest BCUT2D eigenvalue weighted by Gasteiger charge is -1.98. The van der Waals surface area contributed by atoms with E-state index in [1.807, 2.05) is 25.1 Å². The van der Waals surface area contributed by atoms with E-state index >= 15 is 0 Å². The molecule has 2 aromatic rings. The number of nitrogens with zero attached hydrogens (tertiary/aromatic N) is 1. The molecule has 0 aliphatic rings. The standard InChI is InChI=1S/C13H13NO/c1-2-15-14-10-11-7-8-12-5-3-4-6-13(12)9-11/h3-10H,2H2,1H3/b14-10-. The molecule has 0 aliphatic heterocycles. The zero-order valence-corrected chi connectivity index (χ0v) is 8.68. The van der Waals surface area contributed by atoms with Gasteiger partial charge in [0.15, 0.2) is 0 Å². The van der Waals surface area contributed by atoms with Crippen LogP contribution in [0.25, 0.3) is 10.8 Å². The Morgan fingerprint density at radius 1 is 1.13 bits per heavy atom. The van der Waals surface area contributed by atoms with Gasteiger partial charge in [0.05, 0.1) is 6.21 Å². The molecule has 0 radical (unpaired) electrons. The Labute approximate surface area is 89.2 Å². The Morgan fingerprint density at radius 2 is 1.93 bits per heavy atom. The highest BCUT2D eigenvalue weighted by molar-refractivity contribution is 5.90. The zero-order valence-electron chi connectivity index (χ0n) is 8.68. The van der Waals surface area contributed by atoms with Crippen LogP contribution in [0.1, 0.15) is 12.5 Å². The molecule has 0 amide bonds. The first-order valence-corrected chi connectivity index (χ1v) is 5.04. The molecule has 0 fully saturated rings. The molecule has 2 nitrogen and oxygen atoms in total. The monoisotopic (exact) mass is 199 g/mol. The van der Waals surface area contributed by atoms with Crippen molar-refractivity contribution in [1.82, 2.24) is 0 Å². The predicted molar refractivity (Wildman–Crippen MR) is 63.2 cm³/mol. The van der Waals surface area contributed by atoms with Crippen LogP contribution in [0.2, 0.25) is 0 Å². The molecule has 0 bridgehead atoms. The van der Waals surface area contributed by atoms with E-state index in [0.717, 1.165) is 5.56 Å². The zero-order chi connectivity index (χ0) is 10.5. The molecule has 0 heterocycles. The third kappa shape index (κ3) is 2.34. The summed E-state index contributed by atoms with van der Waals surface area (Å²) >= 11 is 0. The van der Waals surface area contributed by atoms with Crippen molar-refractivity contribution in [2.45, 2.75) is 6.92 Å². The summed E-state index contributed by atoms with van der Waals surface area (Å²) in [7, 11) is 0. The quantitative estimate of drug-likeness (QED) is 0.549. The number of benzene rings is 2. The fraction of sp³-hybridized carbons (Fsp3) is 0.154. The lowest BCUT2D eigenvalue weighted by atomic mass is 10.1. The van der Waals surface area contributed by atoms with Crippen molar-refractivity contribution in [2.24, 2.45) is 5.16 Å². The van der Waals surface area contributed by atoms with Gasteiger partial charge in [-0.1, -0.05) is 41.6 Å². The molecule has 0 aromatic heterocycles. The van der Waals surface area contributed by atoms with E-state index < -0.39 is 0 Å². The van der Waals surface area contributed by atoms with E-state index in [9.17, 15) is 0 Å². The maximum atomic E-state index is 4.92. The first kappa shape index (κ1) is 9.71. The van der Waals surface area contributed by atoms with Crippen molar-refractivity contribution in [3.63, 3.8) is 0 Å². The highest BCUT2D eigenvalue weighted by Crippen LogP contribution is 2.14. The summed E-state index contributed by atoms with van der Waals surface area (Å²) in [5.74, 6) is 0. The predicted octanol–water partition coefficient (Wildman–Crippen LogP) is 3.21. The number of fused-ring (bicyclic) bond motifs is 1. The molecule has 15 heavy (non-hydrogen) atoms. The van der Waals surface area contributed by atoms with Gasteiger partial charge in [-0.3, -0.25) is 0 Å². The summed E-state index contributed by atoms with van der Waals surface area (Å²) in [4.78, 5) is 4.92. The van der Waals surface area contributed by atoms with E-state index in [1.54, 1.807) is 6.21 Å². The fourth-order valence-electron chi connectivity index (χ4n) is 1.46. The molecule has 2 heteroatoms. The van der Waals surface area contributed by atoms with Gasteiger partial charge in [0.25, 0.3) is 0 Å². The van der Waals surface area contributed by atoms with Gasteiger partial charge in [-0.2, -0.15) is 0 Å². The van der Waals surface area contributed by atoms with Crippen molar-refractivity contribution in [3.8, 4) is 0 Å². The molecule has 0 saturated carbocycles. The van der Waals surface area contributed by atoms with E-state index in [1.165, 1.54) is 10.8 Å². The summed E-state index contributed by atoms with van der Waals surface area (Å²) < 4.78 is 0. The Morgan fingerprint density at radius 3 is 2.73 bits per heavy atom. The average molecular weight is 199 g/mol. The summed E-state index contributed by atoms with van der Waals surface area (Å²) in [6.07, 6.45) is 1.73. The normalized spacial score (nSPS) is 11.0. The van der Waals surface area contributed by atoms with Gasteiger partial charge in [-0.15, -0.1) is 0 Å². The van der Waals surface area contributed by atoms with Crippen LogP contribution < -0.4 is 0 Å². The summed E-state index contributed by atoms with van der Waals surface area (Å²) in [6.45, 7) is 2.52. The topological polar surface area (TPSA) is 21.6 Å². The van der Waals surface area contributed by atoms with Crippen LogP contribution in [-0.4, -0.2) is 12.8 Å². The number of oxime groups is 1. The number of hydrogen-bond acceptors (Lipinski definition) is 2. The molecule has 0 aliphatic carbocycles. The minimum absolute atomic E-state index is 0.601. The van der Waals surface area contributed by atoms with Crippen LogP contribution in [0.4, 0.5) is 0 Å². The smallest absolute Gasteiger partial charge is 0.114 e. The Balaban J connectivity index is 2.30. The number of rotatable bonds is 3. The maximum Gasteiger partial charge on any atom is 0.114 e. The van der Waals surface area contributed by atoms with Gasteiger partial charge in [0, 0.05) is 0 Å². The highest BCUT2D eigenvalue weighted by atomic mass is 16.6. The van der Waals surface area contributed by atoms with Crippen molar-refractivity contribution in [2.75, 3.05) is 6.61 Å². The Kier molecular flexibility index (Phi) is 2.98. The molecule has 0 spiro atoms. The van der Waals surface area contributed by atoms with E-state index in [4.69, 9.17) is 4.84 Å². The molecular formula is C13H13NO. The molecule has 2 rings (SSSR count). The summed E-state index contributed by atoms with van der Waals surface area (Å²) in [5, 5.41) is 6.30. The molecule has 0 N–H and O–H groups in total. The molecular weight excluding hydrogens is 186 g/mol. The first-order valence-electron chi connectivity index (χ1n) is 5.04. The summed E-state index contributed by atoms with van der Waals surface area (Å²) in [6, 6.07) is 14.5. The van der Waals surface area contributed by atoms with Gasteiger partial charge >= 0.3 is 0 Å². The van der Waals surface area contributed by atoms with E-state index in [-0.39, 0.29) is 0 Å². The second kappa shape index (κ2) is 4.60. The molecule has 0 saturated heterocycles. The second-order valence-electron chi connectivity index (χ2n) is 3.26. The van der Waals surface area contributed by atoms with Crippen molar-refractivity contribution in [1.29, 1.82) is 0 Å². The van der Waals surface area contributed by atoms with Crippen LogP contribution >= 0.6 is 0 Å². The minimum atomic E-state index is 0.601. The third-order valence-electron chi connectivity index (χ3n) is 2.18. The van der Waals surface area contributed by atoms with Crippen LogP contribution in [0.5, 0.6) is 0 Å². The highest BCUT2D eigenvalue weighted by Gasteiger charge is 1.92. The Bertz CT molecular complexity index is 477. The van der Waals surface area contributed by atoms with E-state index in [0.29, 0.717) is 6.61 Å². The second-order valence-corrected chi connectivity index (χ2v) is 3.26. The number of hydrogen-bond donors (Lipinski definition) is 0. The van der Waals surface area contributed by atoms with Crippen molar-refractivity contribution in [3.05, 3.63) is 48.0 Å². The first-order chi connectivity index (χ1) is 7.40. The van der Waals surface area contributed by atoms with Crippen LogP contribution in [0, 0.1) is 0 Å². The molecule has 2 aromatic carbocycles. The average Bonchev–Trinajstić information content (AvgIpc) is 2.29. The van der Waals surface area contributed by atoms with Gasteiger partial charge in [0.1, 0.15) is 6.61 Å². The molecule has 0 unspecified atom stereocenters. The van der Waals surface area contributed by atoms with Gasteiger partial charge in [-0.05, 0) is 29.3 Å².